The molecule has 26 heavy (non-hydrogen) atoms. The summed E-state index contributed by atoms with van der Waals surface area (Å²) in [5.74, 6) is 0.756. The van der Waals surface area contributed by atoms with Gasteiger partial charge in [0.2, 0.25) is 10.0 Å². The highest BCUT2D eigenvalue weighted by molar-refractivity contribution is 7.89. The molecule has 0 amide bonds. The van der Waals surface area contributed by atoms with E-state index in [0.29, 0.717) is 18.8 Å². The van der Waals surface area contributed by atoms with Gasteiger partial charge in [-0.15, -0.1) is 0 Å². The third kappa shape index (κ3) is 4.50. The Balaban J connectivity index is 2.30. The molecule has 0 unspecified atom stereocenters. The number of sulfonamides is 1. The van der Waals surface area contributed by atoms with E-state index in [2.05, 4.69) is 4.72 Å². The number of rotatable bonds is 8. The molecule has 0 aliphatic heterocycles. The summed E-state index contributed by atoms with van der Waals surface area (Å²) in [5.41, 5.74) is 1.01. The molecule has 0 atom stereocenters. The highest BCUT2D eigenvalue weighted by Crippen LogP contribution is 2.31. The van der Waals surface area contributed by atoms with Gasteiger partial charge in [-0.1, -0.05) is 12.1 Å². The lowest BCUT2D eigenvalue weighted by Crippen LogP contribution is -2.20. The molecule has 2 aromatic carbocycles. The molecule has 9 heteroatoms. The zero-order valence-corrected chi connectivity index (χ0v) is 15.6. The van der Waals surface area contributed by atoms with Crippen LogP contribution in [0.2, 0.25) is 0 Å². The van der Waals surface area contributed by atoms with E-state index in [-0.39, 0.29) is 10.6 Å². The van der Waals surface area contributed by atoms with Crippen molar-refractivity contribution in [2.24, 2.45) is 0 Å². The SMILES string of the molecule is CCOc1ccc(CN(C)c2ccc(S(=O)(=O)NC)cc2[N+](=O)[O-])cc1. The number of nitrogens with one attached hydrogen (secondary N) is 1. The molecule has 140 valence electrons. The normalized spacial score (nSPS) is 11.2. The lowest BCUT2D eigenvalue weighted by molar-refractivity contribution is -0.384. The minimum absolute atomic E-state index is 0.148. The first-order valence-corrected chi connectivity index (χ1v) is 9.41. The summed E-state index contributed by atoms with van der Waals surface area (Å²) >= 11 is 0. The van der Waals surface area contributed by atoms with Crippen LogP contribution in [0.4, 0.5) is 11.4 Å². The van der Waals surface area contributed by atoms with E-state index in [1.54, 1.807) is 11.9 Å². The Kier molecular flexibility index (Phi) is 6.17. The van der Waals surface area contributed by atoms with Gasteiger partial charge in [0.05, 0.1) is 16.4 Å². The van der Waals surface area contributed by atoms with Gasteiger partial charge < -0.3 is 9.64 Å². The maximum atomic E-state index is 11.9. The molecule has 0 saturated carbocycles. The van der Waals surface area contributed by atoms with Crippen LogP contribution in [0.1, 0.15) is 12.5 Å². The quantitative estimate of drug-likeness (QED) is 0.559. The summed E-state index contributed by atoms with van der Waals surface area (Å²) in [6.07, 6.45) is 0. The van der Waals surface area contributed by atoms with Crippen molar-refractivity contribution in [3.8, 4) is 5.75 Å². The van der Waals surface area contributed by atoms with E-state index in [0.717, 1.165) is 17.4 Å². The second-order valence-electron chi connectivity index (χ2n) is 5.55. The average molecular weight is 379 g/mol. The van der Waals surface area contributed by atoms with Gasteiger partial charge in [-0.05, 0) is 43.8 Å². The summed E-state index contributed by atoms with van der Waals surface area (Å²) in [6, 6.07) is 11.3. The number of hydrogen-bond acceptors (Lipinski definition) is 6. The summed E-state index contributed by atoms with van der Waals surface area (Å²) in [6.45, 7) is 2.90. The molecule has 0 aliphatic rings. The largest absolute Gasteiger partial charge is 0.494 e. The number of hydrogen-bond donors (Lipinski definition) is 1. The van der Waals surface area contributed by atoms with Crippen LogP contribution in [0.3, 0.4) is 0 Å². The minimum atomic E-state index is -3.75. The summed E-state index contributed by atoms with van der Waals surface area (Å²) in [7, 11) is -0.782. The predicted molar refractivity (Wildman–Crippen MR) is 99.1 cm³/mol. The number of ether oxygens (including phenoxy) is 1. The molecule has 2 rings (SSSR count). The van der Waals surface area contributed by atoms with Crippen LogP contribution in [-0.2, 0) is 16.6 Å². The van der Waals surface area contributed by atoms with Crippen molar-refractivity contribution in [3.63, 3.8) is 0 Å². The molecular weight excluding hydrogens is 358 g/mol. The van der Waals surface area contributed by atoms with Gasteiger partial charge in [0.15, 0.2) is 0 Å². The third-order valence-electron chi connectivity index (χ3n) is 3.79. The third-order valence-corrected chi connectivity index (χ3v) is 5.20. The molecule has 1 N–H and O–H groups in total. The van der Waals surface area contributed by atoms with Gasteiger partial charge in [-0.3, -0.25) is 10.1 Å². The van der Waals surface area contributed by atoms with Crippen LogP contribution in [0.25, 0.3) is 0 Å². The predicted octanol–water partition coefficient (Wildman–Crippen LogP) is 2.54. The molecule has 0 aliphatic carbocycles. The molecule has 0 heterocycles. The summed E-state index contributed by atoms with van der Waals surface area (Å²) < 4.78 is 31.3. The number of nitro groups is 1. The van der Waals surface area contributed by atoms with Crippen molar-refractivity contribution < 1.29 is 18.1 Å². The topological polar surface area (TPSA) is 102 Å². The second-order valence-corrected chi connectivity index (χ2v) is 7.43. The van der Waals surface area contributed by atoms with Crippen LogP contribution in [0.5, 0.6) is 5.75 Å². The molecule has 0 aromatic heterocycles. The summed E-state index contributed by atoms with van der Waals surface area (Å²) in [4.78, 5) is 12.4. The summed E-state index contributed by atoms with van der Waals surface area (Å²) in [5, 5.41) is 11.4. The minimum Gasteiger partial charge on any atom is -0.494 e. The van der Waals surface area contributed by atoms with Gasteiger partial charge in [-0.25, -0.2) is 13.1 Å². The van der Waals surface area contributed by atoms with E-state index >= 15 is 0 Å². The van der Waals surface area contributed by atoms with Crippen molar-refractivity contribution in [2.75, 3.05) is 25.6 Å². The molecular formula is C17H21N3O5S. The van der Waals surface area contributed by atoms with Gasteiger partial charge in [0.1, 0.15) is 11.4 Å². The molecule has 0 saturated heterocycles. The first-order chi connectivity index (χ1) is 12.3. The smallest absolute Gasteiger partial charge is 0.293 e. The first kappa shape index (κ1) is 19.7. The Bertz CT molecular complexity index is 882. The standard InChI is InChI=1S/C17H21N3O5S/c1-4-25-14-7-5-13(6-8-14)12-19(3)16-10-9-15(26(23,24)18-2)11-17(16)20(21)22/h5-11,18H,4,12H2,1-3H3. The van der Waals surface area contributed by atoms with Crippen molar-refractivity contribution in [1.82, 2.24) is 4.72 Å². The highest BCUT2D eigenvalue weighted by atomic mass is 32.2. The van der Waals surface area contributed by atoms with Gasteiger partial charge in [0, 0.05) is 19.7 Å². The molecule has 0 radical (unpaired) electrons. The number of benzene rings is 2. The van der Waals surface area contributed by atoms with E-state index < -0.39 is 14.9 Å². The zero-order chi connectivity index (χ0) is 19.3. The van der Waals surface area contributed by atoms with Crippen LogP contribution < -0.4 is 14.4 Å². The Morgan fingerprint density at radius 1 is 1.19 bits per heavy atom. The Labute approximate surface area is 152 Å². The molecule has 2 aromatic rings. The Morgan fingerprint density at radius 3 is 2.38 bits per heavy atom. The Morgan fingerprint density at radius 2 is 1.85 bits per heavy atom. The second kappa shape index (κ2) is 8.15. The fraction of sp³-hybridized carbons (Fsp3) is 0.294. The van der Waals surface area contributed by atoms with Gasteiger partial charge in [-0.2, -0.15) is 0 Å². The monoisotopic (exact) mass is 379 g/mol. The zero-order valence-electron chi connectivity index (χ0n) is 14.8. The fourth-order valence-corrected chi connectivity index (χ4v) is 3.22. The van der Waals surface area contributed by atoms with Crippen LogP contribution >= 0.6 is 0 Å². The van der Waals surface area contributed by atoms with Crippen LogP contribution in [-0.4, -0.2) is 34.0 Å². The van der Waals surface area contributed by atoms with Crippen molar-refractivity contribution >= 4 is 21.4 Å². The highest BCUT2D eigenvalue weighted by Gasteiger charge is 2.22. The maximum absolute atomic E-state index is 11.9. The maximum Gasteiger partial charge on any atom is 0.293 e. The molecule has 8 nitrogen and oxygen atoms in total. The number of nitrogens with zero attached hydrogens (tertiary/aromatic N) is 2. The molecule has 0 bridgehead atoms. The number of anilines is 1. The molecule has 0 spiro atoms. The van der Waals surface area contributed by atoms with E-state index in [4.69, 9.17) is 4.74 Å². The lowest BCUT2D eigenvalue weighted by atomic mass is 10.2. The molecule has 0 fully saturated rings. The van der Waals surface area contributed by atoms with Gasteiger partial charge in [0.25, 0.3) is 5.69 Å². The fourth-order valence-electron chi connectivity index (χ4n) is 2.47. The number of nitro benzene ring substituents is 1. The van der Waals surface area contributed by atoms with E-state index in [1.807, 2.05) is 31.2 Å². The first-order valence-electron chi connectivity index (χ1n) is 7.93. The van der Waals surface area contributed by atoms with E-state index in [1.165, 1.54) is 19.2 Å². The van der Waals surface area contributed by atoms with Crippen molar-refractivity contribution in [2.45, 2.75) is 18.4 Å². The van der Waals surface area contributed by atoms with Crippen LogP contribution in [0, 0.1) is 10.1 Å². The Hall–Kier alpha value is -2.65. The van der Waals surface area contributed by atoms with Crippen molar-refractivity contribution in [3.05, 3.63) is 58.1 Å². The van der Waals surface area contributed by atoms with Crippen molar-refractivity contribution in [1.29, 1.82) is 0 Å². The lowest BCUT2D eigenvalue weighted by Gasteiger charge is -2.20. The van der Waals surface area contributed by atoms with Crippen LogP contribution in [0.15, 0.2) is 47.4 Å². The van der Waals surface area contributed by atoms with Gasteiger partial charge >= 0.3 is 0 Å². The average Bonchev–Trinajstić information content (AvgIpc) is 2.63. The van der Waals surface area contributed by atoms with E-state index in [9.17, 15) is 18.5 Å².